The molecule has 19 heavy (non-hydrogen) atoms. The van der Waals surface area contributed by atoms with Gasteiger partial charge in [0.1, 0.15) is 10.7 Å². The van der Waals surface area contributed by atoms with Crippen molar-refractivity contribution in [1.29, 1.82) is 0 Å². The number of hydrogen-bond acceptors (Lipinski definition) is 7. The van der Waals surface area contributed by atoms with Crippen molar-refractivity contribution in [2.24, 2.45) is 0 Å². The highest BCUT2D eigenvalue weighted by molar-refractivity contribution is 7.87. The maximum atomic E-state index is 11.9. The second-order valence-electron chi connectivity index (χ2n) is 3.48. The van der Waals surface area contributed by atoms with Crippen LogP contribution in [0.1, 0.15) is 0 Å². The molecule has 0 aliphatic carbocycles. The van der Waals surface area contributed by atoms with Gasteiger partial charge < -0.3 is 15.7 Å². The molecule has 1 heterocycles. The van der Waals surface area contributed by atoms with Crippen molar-refractivity contribution in [3.63, 3.8) is 0 Å². The minimum Gasteiger partial charge on any atom is -0.383 e. The van der Waals surface area contributed by atoms with E-state index in [4.69, 9.17) is 27.3 Å². The van der Waals surface area contributed by atoms with Crippen molar-refractivity contribution in [2.45, 2.75) is 4.90 Å². The van der Waals surface area contributed by atoms with E-state index in [2.05, 4.69) is 9.97 Å². The van der Waals surface area contributed by atoms with Gasteiger partial charge in [-0.15, -0.1) is 0 Å². The smallest absolute Gasteiger partial charge is 0.340 e. The van der Waals surface area contributed by atoms with Crippen LogP contribution in [-0.4, -0.2) is 18.4 Å². The molecule has 0 fully saturated rings. The first-order chi connectivity index (χ1) is 8.87. The van der Waals surface area contributed by atoms with Gasteiger partial charge in [-0.2, -0.15) is 18.4 Å². The van der Waals surface area contributed by atoms with Crippen LogP contribution in [0.5, 0.6) is 5.88 Å². The standard InChI is InChI=1S/C10H9ClN4O3S/c11-6-1-3-7(4-2-6)19(16,17)18-9-5-8(12)14-10(13)15-9/h1-5H,(H4,12,13,14,15). The first kappa shape index (κ1) is 13.4. The fourth-order valence-corrected chi connectivity index (χ4v) is 2.27. The Bertz CT molecular complexity index is 683. The van der Waals surface area contributed by atoms with Gasteiger partial charge in [0.15, 0.2) is 0 Å². The summed E-state index contributed by atoms with van der Waals surface area (Å²) in [5.41, 5.74) is 10.8. The summed E-state index contributed by atoms with van der Waals surface area (Å²) in [5.74, 6) is -0.421. The summed E-state index contributed by atoms with van der Waals surface area (Å²) in [6.07, 6.45) is 0. The van der Waals surface area contributed by atoms with E-state index < -0.39 is 10.1 Å². The zero-order valence-corrected chi connectivity index (χ0v) is 11.0. The van der Waals surface area contributed by atoms with Gasteiger partial charge in [0.25, 0.3) is 0 Å². The molecule has 1 aromatic heterocycles. The number of anilines is 2. The number of rotatable bonds is 3. The first-order valence-electron chi connectivity index (χ1n) is 4.97. The zero-order valence-electron chi connectivity index (χ0n) is 9.45. The third-order valence-electron chi connectivity index (χ3n) is 2.04. The molecule has 4 N–H and O–H groups in total. The normalized spacial score (nSPS) is 11.2. The lowest BCUT2D eigenvalue weighted by atomic mass is 10.4. The van der Waals surface area contributed by atoms with Crippen LogP contribution in [-0.2, 0) is 10.1 Å². The van der Waals surface area contributed by atoms with Gasteiger partial charge >= 0.3 is 10.1 Å². The molecule has 0 saturated heterocycles. The van der Waals surface area contributed by atoms with E-state index in [0.29, 0.717) is 5.02 Å². The summed E-state index contributed by atoms with van der Waals surface area (Å²) in [5, 5.41) is 0.412. The van der Waals surface area contributed by atoms with Crippen molar-refractivity contribution in [3.8, 4) is 5.88 Å². The summed E-state index contributed by atoms with van der Waals surface area (Å²) in [6, 6.07) is 6.64. The maximum absolute atomic E-state index is 11.9. The van der Waals surface area contributed by atoms with Crippen LogP contribution in [0.25, 0.3) is 0 Å². The van der Waals surface area contributed by atoms with E-state index in [1.807, 2.05) is 0 Å². The fraction of sp³-hybridized carbons (Fsp3) is 0. The number of aromatic nitrogens is 2. The van der Waals surface area contributed by atoms with Crippen LogP contribution in [0.4, 0.5) is 11.8 Å². The van der Waals surface area contributed by atoms with E-state index in [9.17, 15) is 8.42 Å². The van der Waals surface area contributed by atoms with Crippen LogP contribution >= 0.6 is 11.6 Å². The van der Waals surface area contributed by atoms with Crippen LogP contribution in [0.2, 0.25) is 5.02 Å². The van der Waals surface area contributed by atoms with E-state index in [-0.39, 0.29) is 22.5 Å². The van der Waals surface area contributed by atoms with Gasteiger partial charge in [-0.1, -0.05) is 11.6 Å². The molecule has 7 nitrogen and oxygen atoms in total. The Balaban J connectivity index is 2.33. The van der Waals surface area contributed by atoms with Gasteiger partial charge in [0, 0.05) is 11.1 Å². The quantitative estimate of drug-likeness (QED) is 0.813. The second kappa shape index (κ2) is 4.90. The second-order valence-corrected chi connectivity index (χ2v) is 5.46. The van der Waals surface area contributed by atoms with Crippen molar-refractivity contribution < 1.29 is 12.6 Å². The fourth-order valence-electron chi connectivity index (χ4n) is 1.27. The highest BCUT2D eigenvalue weighted by Gasteiger charge is 2.18. The summed E-state index contributed by atoms with van der Waals surface area (Å²) >= 11 is 5.67. The Morgan fingerprint density at radius 2 is 1.74 bits per heavy atom. The summed E-state index contributed by atoms with van der Waals surface area (Å²) < 4.78 is 28.7. The van der Waals surface area contributed by atoms with Crippen LogP contribution in [0.15, 0.2) is 35.2 Å². The van der Waals surface area contributed by atoms with Crippen molar-refractivity contribution in [3.05, 3.63) is 35.4 Å². The number of halogens is 1. The lowest BCUT2D eigenvalue weighted by molar-refractivity contribution is 0.476. The third-order valence-corrected chi connectivity index (χ3v) is 3.53. The van der Waals surface area contributed by atoms with E-state index in [0.717, 1.165) is 6.07 Å². The lowest BCUT2D eigenvalue weighted by Gasteiger charge is -2.06. The summed E-state index contributed by atoms with van der Waals surface area (Å²) in [6.45, 7) is 0. The van der Waals surface area contributed by atoms with Crippen molar-refractivity contribution in [2.75, 3.05) is 11.5 Å². The topological polar surface area (TPSA) is 121 Å². The molecule has 2 rings (SSSR count). The van der Waals surface area contributed by atoms with E-state index >= 15 is 0 Å². The van der Waals surface area contributed by atoms with Crippen LogP contribution < -0.4 is 15.7 Å². The molecule has 9 heteroatoms. The van der Waals surface area contributed by atoms with Gasteiger partial charge in [0.2, 0.25) is 11.8 Å². The average molecular weight is 301 g/mol. The monoisotopic (exact) mass is 300 g/mol. The molecule has 0 atom stereocenters. The van der Waals surface area contributed by atoms with Crippen molar-refractivity contribution >= 4 is 33.5 Å². The van der Waals surface area contributed by atoms with E-state index in [1.165, 1.54) is 24.3 Å². The Hall–Kier alpha value is -2.06. The number of benzene rings is 1. The molecule has 0 aliphatic heterocycles. The SMILES string of the molecule is Nc1cc(OS(=O)(=O)c2ccc(Cl)cc2)nc(N)n1. The number of hydrogen-bond donors (Lipinski definition) is 2. The first-order valence-corrected chi connectivity index (χ1v) is 6.75. The van der Waals surface area contributed by atoms with Crippen molar-refractivity contribution in [1.82, 2.24) is 9.97 Å². The van der Waals surface area contributed by atoms with E-state index in [1.54, 1.807) is 0 Å². The van der Waals surface area contributed by atoms with Crippen LogP contribution in [0, 0.1) is 0 Å². The van der Waals surface area contributed by atoms with Gasteiger partial charge in [-0.05, 0) is 24.3 Å². The Morgan fingerprint density at radius 3 is 2.32 bits per heavy atom. The third kappa shape index (κ3) is 3.24. The summed E-state index contributed by atoms with van der Waals surface area (Å²) in [7, 11) is -4.02. The molecule has 0 aliphatic rings. The molecule has 0 amide bonds. The highest BCUT2D eigenvalue weighted by Crippen LogP contribution is 2.20. The largest absolute Gasteiger partial charge is 0.383 e. The molecule has 0 bridgehead atoms. The minimum atomic E-state index is -4.02. The average Bonchev–Trinajstić information content (AvgIpc) is 2.27. The van der Waals surface area contributed by atoms with Gasteiger partial charge in [-0.3, -0.25) is 0 Å². The zero-order chi connectivity index (χ0) is 14.0. The number of nitrogens with two attached hydrogens (primary N) is 2. The molecule has 100 valence electrons. The van der Waals surface area contributed by atoms with Crippen LogP contribution in [0.3, 0.4) is 0 Å². The highest BCUT2D eigenvalue weighted by atomic mass is 35.5. The molecule has 0 unspecified atom stereocenters. The Kier molecular flexibility index (Phi) is 3.45. The molecular formula is C10H9ClN4O3S. The lowest BCUT2D eigenvalue weighted by Crippen LogP contribution is -2.12. The predicted octanol–water partition coefficient (Wildman–Crippen LogP) is 1.06. The molecule has 0 spiro atoms. The van der Waals surface area contributed by atoms with Gasteiger partial charge in [-0.25, -0.2) is 0 Å². The maximum Gasteiger partial charge on any atom is 0.340 e. The number of nitrogen functional groups attached to an aromatic ring is 2. The molecule has 0 saturated carbocycles. The van der Waals surface area contributed by atoms with Gasteiger partial charge in [0.05, 0.1) is 0 Å². The molecule has 1 aromatic carbocycles. The Morgan fingerprint density at radius 1 is 1.11 bits per heavy atom. The molecule has 0 radical (unpaired) electrons. The Labute approximate surface area is 114 Å². The molecule has 2 aromatic rings. The number of nitrogens with zero attached hydrogens (tertiary/aromatic N) is 2. The molecular weight excluding hydrogens is 292 g/mol. The predicted molar refractivity (Wildman–Crippen MR) is 70.1 cm³/mol. The minimum absolute atomic E-state index is 0.00815. The summed E-state index contributed by atoms with van der Waals surface area (Å²) in [4.78, 5) is 7.16.